The monoisotopic (exact) mass is 388 g/mol. The third kappa shape index (κ3) is 5.08. The van der Waals surface area contributed by atoms with Crippen molar-refractivity contribution in [2.45, 2.75) is 13.5 Å². The van der Waals surface area contributed by atoms with E-state index in [4.69, 9.17) is 9.47 Å². The summed E-state index contributed by atoms with van der Waals surface area (Å²) in [6.45, 7) is 5.52. The Bertz CT molecular complexity index is 783. The molecule has 0 radical (unpaired) electrons. The van der Waals surface area contributed by atoms with Crippen LogP contribution >= 0.6 is 11.3 Å². The van der Waals surface area contributed by atoms with Gasteiger partial charge in [0.25, 0.3) is 5.91 Å². The van der Waals surface area contributed by atoms with E-state index in [1.165, 1.54) is 18.9 Å². The molecule has 0 N–H and O–H groups in total. The van der Waals surface area contributed by atoms with Crippen molar-refractivity contribution < 1.29 is 19.1 Å². The first-order valence-corrected chi connectivity index (χ1v) is 9.79. The van der Waals surface area contributed by atoms with E-state index in [0.717, 1.165) is 19.6 Å². The second-order valence-electron chi connectivity index (χ2n) is 6.45. The molecule has 1 aliphatic rings. The van der Waals surface area contributed by atoms with E-state index in [-0.39, 0.29) is 18.3 Å². The number of piperazine rings is 1. The SMILES string of the molecule is COc1cc(C(C)=O)ccc1OCC(=O)N1CCN(Cc2cccs2)CC1. The summed E-state index contributed by atoms with van der Waals surface area (Å²) in [4.78, 5) is 29.5. The fourth-order valence-corrected chi connectivity index (χ4v) is 3.76. The van der Waals surface area contributed by atoms with Crippen LogP contribution in [0.15, 0.2) is 35.7 Å². The third-order valence-electron chi connectivity index (χ3n) is 4.61. The average molecular weight is 388 g/mol. The molecular weight excluding hydrogens is 364 g/mol. The standard InChI is InChI=1S/C20H24N2O4S/c1-15(23)16-5-6-18(19(12-16)25-2)26-14-20(24)22-9-7-21(8-10-22)13-17-4-3-11-27-17/h3-6,11-12H,7-10,13-14H2,1-2H3. The minimum atomic E-state index is -0.0451. The Morgan fingerprint density at radius 3 is 2.52 bits per heavy atom. The number of benzene rings is 1. The van der Waals surface area contributed by atoms with Gasteiger partial charge in [0.2, 0.25) is 0 Å². The number of nitrogens with zero attached hydrogens (tertiary/aromatic N) is 2. The Labute approximate surface area is 163 Å². The first kappa shape index (κ1) is 19.4. The maximum Gasteiger partial charge on any atom is 0.260 e. The van der Waals surface area contributed by atoms with E-state index in [9.17, 15) is 9.59 Å². The van der Waals surface area contributed by atoms with E-state index in [2.05, 4.69) is 22.4 Å². The number of amides is 1. The maximum absolute atomic E-state index is 12.5. The minimum Gasteiger partial charge on any atom is -0.493 e. The smallest absolute Gasteiger partial charge is 0.260 e. The summed E-state index contributed by atoms with van der Waals surface area (Å²) in [5, 5.41) is 2.09. The van der Waals surface area contributed by atoms with Gasteiger partial charge in [0.05, 0.1) is 7.11 Å². The third-order valence-corrected chi connectivity index (χ3v) is 5.47. The second-order valence-corrected chi connectivity index (χ2v) is 7.48. The molecule has 0 atom stereocenters. The lowest BCUT2D eigenvalue weighted by Crippen LogP contribution is -2.49. The van der Waals surface area contributed by atoms with Crippen LogP contribution in [0.25, 0.3) is 0 Å². The number of carbonyl (C=O) groups is 2. The number of Topliss-reactive ketones (excluding diaryl/α,β-unsaturated/α-hetero) is 1. The predicted octanol–water partition coefficient (Wildman–Crippen LogP) is 2.68. The van der Waals surface area contributed by atoms with Crippen molar-refractivity contribution in [3.05, 3.63) is 46.2 Å². The molecule has 0 spiro atoms. The van der Waals surface area contributed by atoms with Gasteiger partial charge in [-0.2, -0.15) is 0 Å². The average Bonchev–Trinajstić information content (AvgIpc) is 3.19. The summed E-state index contributed by atoms with van der Waals surface area (Å²) in [7, 11) is 1.51. The molecule has 27 heavy (non-hydrogen) atoms. The Morgan fingerprint density at radius 1 is 1.11 bits per heavy atom. The van der Waals surface area contributed by atoms with Crippen LogP contribution in [-0.4, -0.2) is 61.4 Å². The number of ketones is 1. The van der Waals surface area contributed by atoms with Crippen molar-refractivity contribution >= 4 is 23.0 Å². The molecule has 7 heteroatoms. The van der Waals surface area contributed by atoms with E-state index >= 15 is 0 Å². The molecule has 1 saturated heterocycles. The molecular formula is C20H24N2O4S. The van der Waals surface area contributed by atoms with Crippen LogP contribution in [0, 0.1) is 0 Å². The number of thiophene rings is 1. The van der Waals surface area contributed by atoms with Crippen molar-refractivity contribution in [2.24, 2.45) is 0 Å². The topological polar surface area (TPSA) is 59.1 Å². The highest BCUT2D eigenvalue weighted by Crippen LogP contribution is 2.28. The molecule has 6 nitrogen and oxygen atoms in total. The molecule has 0 saturated carbocycles. The quantitative estimate of drug-likeness (QED) is 0.683. The summed E-state index contributed by atoms with van der Waals surface area (Å²) in [6.07, 6.45) is 0. The predicted molar refractivity (Wildman–Crippen MR) is 105 cm³/mol. The molecule has 2 aromatic rings. The molecule has 0 unspecified atom stereocenters. The van der Waals surface area contributed by atoms with E-state index in [1.807, 2.05) is 4.90 Å². The lowest BCUT2D eigenvalue weighted by atomic mass is 10.1. The van der Waals surface area contributed by atoms with E-state index in [1.54, 1.807) is 29.5 Å². The van der Waals surface area contributed by atoms with Gasteiger partial charge in [-0.05, 0) is 36.6 Å². The zero-order valence-electron chi connectivity index (χ0n) is 15.6. The molecule has 3 rings (SSSR count). The summed E-state index contributed by atoms with van der Waals surface area (Å²) in [6, 6.07) is 9.18. The van der Waals surface area contributed by atoms with Gasteiger partial charge in [0, 0.05) is 43.2 Å². The second kappa shape index (κ2) is 9.01. The number of hydrogen-bond donors (Lipinski definition) is 0. The first-order chi connectivity index (χ1) is 13.1. The Hall–Kier alpha value is -2.38. The maximum atomic E-state index is 12.5. The van der Waals surface area contributed by atoms with E-state index < -0.39 is 0 Å². The fraction of sp³-hybridized carbons (Fsp3) is 0.400. The van der Waals surface area contributed by atoms with Gasteiger partial charge in [-0.25, -0.2) is 0 Å². The van der Waals surface area contributed by atoms with Crippen molar-refractivity contribution in [3.63, 3.8) is 0 Å². The van der Waals surface area contributed by atoms with Crippen LogP contribution in [0.1, 0.15) is 22.2 Å². The molecule has 0 aliphatic carbocycles. The largest absolute Gasteiger partial charge is 0.493 e. The molecule has 1 fully saturated rings. The van der Waals surface area contributed by atoms with Gasteiger partial charge in [-0.3, -0.25) is 14.5 Å². The van der Waals surface area contributed by atoms with Crippen LogP contribution < -0.4 is 9.47 Å². The first-order valence-electron chi connectivity index (χ1n) is 8.91. The van der Waals surface area contributed by atoms with Crippen LogP contribution in [0.4, 0.5) is 0 Å². The van der Waals surface area contributed by atoms with Crippen molar-refractivity contribution in [1.82, 2.24) is 9.80 Å². The summed E-state index contributed by atoms with van der Waals surface area (Å²) in [5.74, 6) is 0.836. The summed E-state index contributed by atoms with van der Waals surface area (Å²) < 4.78 is 10.9. The normalized spacial score (nSPS) is 14.8. The van der Waals surface area contributed by atoms with Gasteiger partial charge < -0.3 is 14.4 Å². The van der Waals surface area contributed by atoms with Crippen LogP contribution in [0.2, 0.25) is 0 Å². The van der Waals surface area contributed by atoms with Crippen molar-refractivity contribution in [1.29, 1.82) is 0 Å². The molecule has 1 aromatic heterocycles. The highest BCUT2D eigenvalue weighted by atomic mass is 32.1. The number of methoxy groups -OCH3 is 1. The summed E-state index contributed by atoms with van der Waals surface area (Å²) in [5.41, 5.74) is 0.549. The lowest BCUT2D eigenvalue weighted by molar-refractivity contribution is -0.135. The highest BCUT2D eigenvalue weighted by molar-refractivity contribution is 7.09. The Balaban J connectivity index is 1.49. The fourth-order valence-electron chi connectivity index (χ4n) is 3.01. The van der Waals surface area contributed by atoms with Gasteiger partial charge in [0.1, 0.15) is 0 Å². The lowest BCUT2D eigenvalue weighted by Gasteiger charge is -2.34. The zero-order valence-corrected chi connectivity index (χ0v) is 16.5. The Kier molecular flexibility index (Phi) is 6.47. The van der Waals surface area contributed by atoms with E-state index in [0.29, 0.717) is 30.2 Å². The minimum absolute atomic E-state index is 0.0385. The van der Waals surface area contributed by atoms with Crippen molar-refractivity contribution in [2.75, 3.05) is 39.9 Å². The molecule has 0 bridgehead atoms. The van der Waals surface area contributed by atoms with Gasteiger partial charge >= 0.3 is 0 Å². The van der Waals surface area contributed by atoms with Crippen molar-refractivity contribution in [3.8, 4) is 11.5 Å². The molecule has 1 aromatic carbocycles. The van der Waals surface area contributed by atoms with Gasteiger partial charge in [-0.1, -0.05) is 6.07 Å². The van der Waals surface area contributed by atoms with Crippen LogP contribution in [-0.2, 0) is 11.3 Å². The number of hydrogen-bond acceptors (Lipinski definition) is 6. The number of rotatable bonds is 7. The highest BCUT2D eigenvalue weighted by Gasteiger charge is 2.22. The molecule has 1 aliphatic heterocycles. The number of carbonyl (C=O) groups excluding carboxylic acids is 2. The Morgan fingerprint density at radius 2 is 1.89 bits per heavy atom. The van der Waals surface area contributed by atoms with Crippen LogP contribution in [0.3, 0.4) is 0 Å². The number of ether oxygens (including phenoxy) is 2. The van der Waals surface area contributed by atoms with Gasteiger partial charge in [-0.15, -0.1) is 11.3 Å². The molecule has 1 amide bonds. The van der Waals surface area contributed by atoms with Crippen LogP contribution in [0.5, 0.6) is 11.5 Å². The summed E-state index contributed by atoms with van der Waals surface area (Å²) >= 11 is 1.76. The zero-order chi connectivity index (χ0) is 19.2. The van der Waals surface area contributed by atoms with Gasteiger partial charge in [0.15, 0.2) is 23.9 Å². The molecule has 2 heterocycles. The molecule has 144 valence electrons.